The number of amides is 1. The molecule has 0 aliphatic heterocycles. The molecule has 1 saturated carbocycles. The SMILES string of the molecule is CC(C)[C@@H](OC(=O)[C@H](C)NC(=O)OC(C)(C)C)[C@H](C)OCC1CCC1. The monoisotopic (exact) mass is 357 g/mol. The van der Waals surface area contributed by atoms with Crippen LogP contribution in [0, 0.1) is 11.8 Å². The Balaban J connectivity index is 2.49. The van der Waals surface area contributed by atoms with E-state index in [1.165, 1.54) is 19.3 Å². The summed E-state index contributed by atoms with van der Waals surface area (Å²) in [5, 5.41) is 2.51. The molecule has 0 spiro atoms. The van der Waals surface area contributed by atoms with Gasteiger partial charge in [0.15, 0.2) is 0 Å². The summed E-state index contributed by atoms with van der Waals surface area (Å²) in [5.41, 5.74) is -0.613. The van der Waals surface area contributed by atoms with Crippen LogP contribution in [0.2, 0.25) is 0 Å². The Bertz CT molecular complexity index is 440. The first-order valence-electron chi connectivity index (χ1n) is 9.31. The van der Waals surface area contributed by atoms with Crippen LogP contribution < -0.4 is 5.32 Å². The average molecular weight is 357 g/mol. The summed E-state index contributed by atoms with van der Waals surface area (Å²) in [7, 11) is 0. The zero-order chi connectivity index (χ0) is 19.2. The molecule has 0 unspecified atom stereocenters. The van der Waals surface area contributed by atoms with E-state index >= 15 is 0 Å². The van der Waals surface area contributed by atoms with Crippen LogP contribution in [0.15, 0.2) is 0 Å². The highest BCUT2D eigenvalue weighted by molar-refractivity contribution is 5.81. The van der Waals surface area contributed by atoms with Crippen molar-refractivity contribution in [2.75, 3.05) is 6.61 Å². The number of esters is 1. The number of ether oxygens (including phenoxy) is 3. The van der Waals surface area contributed by atoms with Gasteiger partial charge in [-0.3, -0.25) is 0 Å². The Kier molecular flexibility index (Phi) is 8.19. The summed E-state index contributed by atoms with van der Waals surface area (Å²) in [6, 6.07) is -0.782. The van der Waals surface area contributed by atoms with Crippen molar-refractivity contribution in [2.45, 2.75) is 91.6 Å². The predicted octanol–water partition coefficient (Wildman–Crippen LogP) is 3.67. The summed E-state index contributed by atoms with van der Waals surface area (Å²) in [6.07, 6.45) is 2.55. The van der Waals surface area contributed by atoms with Gasteiger partial charge in [-0.15, -0.1) is 0 Å². The van der Waals surface area contributed by atoms with Crippen LogP contribution in [0.25, 0.3) is 0 Å². The molecule has 1 aliphatic rings. The fourth-order valence-electron chi connectivity index (χ4n) is 2.60. The van der Waals surface area contributed by atoms with Gasteiger partial charge in [0.1, 0.15) is 17.7 Å². The van der Waals surface area contributed by atoms with Crippen molar-refractivity contribution >= 4 is 12.1 Å². The van der Waals surface area contributed by atoms with Gasteiger partial charge in [0, 0.05) is 6.61 Å². The van der Waals surface area contributed by atoms with E-state index in [0.29, 0.717) is 12.5 Å². The number of nitrogens with one attached hydrogen (secondary N) is 1. The third-order valence-electron chi connectivity index (χ3n) is 4.28. The number of hydrogen-bond acceptors (Lipinski definition) is 5. The molecule has 0 saturated heterocycles. The molecule has 6 heteroatoms. The van der Waals surface area contributed by atoms with Crippen molar-refractivity contribution in [1.82, 2.24) is 5.32 Å². The van der Waals surface area contributed by atoms with Gasteiger partial charge in [-0.2, -0.15) is 0 Å². The third kappa shape index (κ3) is 8.08. The zero-order valence-electron chi connectivity index (χ0n) is 16.8. The van der Waals surface area contributed by atoms with Gasteiger partial charge < -0.3 is 19.5 Å². The van der Waals surface area contributed by atoms with Crippen LogP contribution in [-0.4, -0.2) is 42.5 Å². The van der Waals surface area contributed by atoms with E-state index in [2.05, 4.69) is 5.32 Å². The van der Waals surface area contributed by atoms with E-state index in [1.807, 2.05) is 20.8 Å². The lowest BCUT2D eigenvalue weighted by molar-refractivity contribution is -0.164. The number of alkyl carbamates (subject to hydrolysis) is 1. The maximum atomic E-state index is 12.3. The molecule has 146 valence electrons. The highest BCUT2D eigenvalue weighted by Gasteiger charge is 2.30. The number of carbonyl (C=O) groups excluding carboxylic acids is 2. The number of rotatable bonds is 8. The second kappa shape index (κ2) is 9.41. The zero-order valence-corrected chi connectivity index (χ0v) is 16.8. The van der Waals surface area contributed by atoms with Gasteiger partial charge in [0.05, 0.1) is 6.10 Å². The molecule has 0 aromatic heterocycles. The average Bonchev–Trinajstić information content (AvgIpc) is 2.39. The minimum Gasteiger partial charge on any atom is -0.458 e. The molecule has 1 aliphatic carbocycles. The van der Waals surface area contributed by atoms with Gasteiger partial charge in [-0.05, 0) is 59.3 Å². The highest BCUT2D eigenvalue weighted by atomic mass is 16.6. The standard InChI is InChI=1S/C19H35NO5/c1-12(2)16(14(4)23-11-15-9-8-10-15)24-17(21)13(3)20-18(22)25-19(5,6)7/h12-16H,8-11H2,1-7H3,(H,20,22)/t13-,14-,16+/m0/s1. The van der Waals surface area contributed by atoms with Crippen molar-refractivity contribution in [3.05, 3.63) is 0 Å². The van der Waals surface area contributed by atoms with Gasteiger partial charge in [-0.1, -0.05) is 20.3 Å². The molecule has 3 atom stereocenters. The Hall–Kier alpha value is -1.30. The van der Waals surface area contributed by atoms with Crippen molar-refractivity contribution in [3.8, 4) is 0 Å². The minimum atomic E-state index is -0.782. The molecule has 1 amide bonds. The van der Waals surface area contributed by atoms with E-state index in [0.717, 1.165) is 0 Å². The molecule has 1 rings (SSSR count). The van der Waals surface area contributed by atoms with Crippen LogP contribution in [0.5, 0.6) is 0 Å². The summed E-state index contributed by atoms with van der Waals surface area (Å²) in [6.45, 7) is 13.5. The Labute approximate surface area is 152 Å². The molecule has 0 radical (unpaired) electrons. The fourth-order valence-corrected chi connectivity index (χ4v) is 2.60. The van der Waals surface area contributed by atoms with Crippen LogP contribution in [0.4, 0.5) is 4.79 Å². The molecule has 0 aromatic carbocycles. The largest absolute Gasteiger partial charge is 0.458 e. The summed E-state index contributed by atoms with van der Waals surface area (Å²) >= 11 is 0. The quantitative estimate of drug-likeness (QED) is 0.671. The second-order valence-corrected chi connectivity index (χ2v) is 8.35. The van der Waals surface area contributed by atoms with Crippen molar-refractivity contribution in [1.29, 1.82) is 0 Å². The first kappa shape index (κ1) is 21.7. The third-order valence-corrected chi connectivity index (χ3v) is 4.28. The number of hydrogen-bond donors (Lipinski definition) is 1. The molecular formula is C19H35NO5. The van der Waals surface area contributed by atoms with E-state index in [4.69, 9.17) is 14.2 Å². The smallest absolute Gasteiger partial charge is 0.408 e. The molecule has 1 N–H and O–H groups in total. The van der Waals surface area contributed by atoms with Gasteiger partial charge in [-0.25, -0.2) is 9.59 Å². The van der Waals surface area contributed by atoms with Crippen LogP contribution in [0.3, 0.4) is 0 Å². The van der Waals surface area contributed by atoms with Gasteiger partial charge in [0.2, 0.25) is 0 Å². The van der Waals surface area contributed by atoms with Crippen LogP contribution >= 0.6 is 0 Å². The molecule has 0 bridgehead atoms. The Morgan fingerprint density at radius 3 is 2.16 bits per heavy atom. The second-order valence-electron chi connectivity index (χ2n) is 8.35. The van der Waals surface area contributed by atoms with E-state index in [1.54, 1.807) is 27.7 Å². The summed E-state index contributed by atoms with van der Waals surface area (Å²) in [5.74, 6) is 0.274. The van der Waals surface area contributed by atoms with E-state index < -0.39 is 23.7 Å². The molecule has 6 nitrogen and oxygen atoms in total. The van der Waals surface area contributed by atoms with Gasteiger partial charge in [0.25, 0.3) is 0 Å². The highest BCUT2D eigenvalue weighted by Crippen LogP contribution is 2.27. The summed E-state index contributed by atoms with van der Waals surface area (Å²) < 4.78 is 16.7. The fraction of sp³-hybridized carbons (Fsp3) is 0.895. The lowest BCUT2D eigenvalue weighted by atomic mass is 9.86. The molecule has 1 fully saturated rings. The van der Waals surface area contributed by atoms with Crippen LogP contribution in [-0.2, 0) is 19.0 Å². The van der Waals surface area contributed by atoms with E-state index in [-0.39, 0.29) is 18.1 Å². The minimum absolute atomic E-state index is 0.120. The topological polar surface area (TPSA) is 73.9 Å². The maximum absolute atomic E-state index is 12.3. The van der Waals surface area contributed by atoms with Crippen molar-refractivity contribution in [2.24, 2.45) is 11.8 Å². The normalized spacial score (nSPS) is 18.9. The lowest BCUT2D eigenvalue weighted by Crippen LogP contribution is -2.45. The van der Waals surface area contributed by atoms with Crippen LogP contribution in [0.1, 0.15) is 67.7 Å². The number of carbonyl (C=O) groups is 2. The molecule has 0 aromatic rings. The molecule has 25 heavy (non-hydrogen) atoms. The Morgan fingerprint density at radius 2 is 1.72 bits per heavy atom. The first-order valence-corrected chi connectivity index (χ1v) is 9.31. The van der Waals surface area contributed by atoms with E-state index in [9.17, 15) is 9.59 Å². The van der Waals surface area contributed by atoms with Gasteiger partial charge >= 0.3 is 12.1 Å². The maximum Gasteiger partial charge on any atom is 0.408 e. The lowest BCUT2D eigenvalue weighted by Gasteiger charge is -2.32. The summed E-state index contributed by atoms with van der Waals surface area (Å²) in [4.78, 5) is 24.1. The van der Waals surface area contributed by atoms with Crippen molar-refractivity contribution < 1.29 is 23.8 Å². The first-order chi connectivity index (χ1) is 11.5. The molecule has 0 heterocycles. The predicted molar refractivity (Wildman–Crippen MR) is 96.3 cm³/mol. The molecular weight excluding hydrogens is 322 g/mol. The Morgan fingerprint density at radius 1 is 1.12 bits per heavy atom. The van der Waals surface area contributed by atoms with Crippen molar-refractivity contribution in [3.63, 3.8) is 0 Å².